The Bertz CT molecular complexity index is 951. The van der Waals surface area contributed by atoms with Crippen molar-refractivity contribution in [3.05, 3.63) is 69.6 Å². The van der Waals surface area contributed by atoms with Crippen LogP contribution in [0.3, 0.4) is 0 Å². The zero-order valence-corrected chi connectivity index (χ0v) is 16.3. The van der Waals surface area contributed by atoms with E-state index in [1.165, 1.54) is 23.5 Å². The summed E-state index contributed by atoms with van der Waals surface area (Å²) in [6, 6.07) is 13.6. The van der Waals surface area contributed by atoms with Crippen LogP contribution in [0.25, 0.3) is 11.3 Å². The molecule has 8 heteroatoms. The molecular weight excluding hydrogens is 382 g/mol. The number of hydrogen-bond donors (Lipinski definition) is 1. The highest BCUT2D eigenvalue weighted by atomic mass is 32.2. The molecule has 0 bridgehead atoms. The number of nitrogens with zero attached hydrogens (tertiary/aromatic N) is 2. The number of benzene rings is 2. The van der Waals surface area contributed by atoms with Gasteiger partial charge in [0.2, 0.25) is 0 Å². The number of amides is 1. The van der Waals surface area contributed by atoms with E-state index in [2.05, 4.69) is 24.1 Å². The van der Waals surface area contributed by atoms with E-state index in [-0.39, 0.29) is 11.6 Å². The third-order valence-electron chi connectivity index (χ3n) is 3.59. The molecule has 0 aliphatic heterocycles. The fraction of sp³-hybridized carbons (Fsp3) is 0.158. The molecule has 138 valence electrons. The third-order valence-corrected chi connectivity index (χ3v) is 5.36. The molecular formula is C19H17N3O3S2. The number of nitro groups is 1. The summed E-state index contributed by atoms with van der Waals surface area (Å²) >= 11 is 3.05. The van der Waals surface area contributed by atoms with Crippen LogP contribution in [0.15, 0.2) is 58.8 Å². The number of nitrogens with one attached hydrogen (secondary N) is 1. The van der Waals surface area contributed by atoms with E-state index in [0.717, 1.165) is 10.5 Å². The maximum atomic E-state index is 12.4. The maximum Gasteiger partial charge on any atom is 0.269 e. The molecule has 3 aromatic rings. The van der Waals surface area contributed by atoms with Crippen molar-refractivity contribution in [2.24, 2.45) is 0 Å². The Morgan fingerprint density at radius 3 is 2.41 bits per heavy atom. The summed E-state index contributed by atoms with van der Waals surface area (Å²) in [5.41, 5.74) is 2.01. The molecule has 2 aromatic carbocycles. The molecule has 6 nitrogen and oxygen atoms in total. The van der Waals surface area contributed by atoms with Crippen LogP contribution in [0.5, 0.6) is 0 Å². The average Bonchev–Trinajstić information content (AvgIpc) is 3.10. The second kappa shape index (κ2) is 8.32. The topological polar surface area (TPSA) is 85.1 Å². The van der Waals surface area contributed by atoms with Crippen LogP contribution in [0, 0.1) is 10.1 Å². The van der Waals surface area contributed by atoms with Gasteiger partial charge < -0.3 is 0 Å². The fourth-order valence-corrected chi connectivity index (χ4v) is 3.90. The molecule has 1 amide bonds. The minimum Gasteiger partial charge on any atom is -0.298 e. The molecule has 0 fully saturated rings. The summed E-state index contributed by atoms with van der Waals surface area (Å²) in [4.78, 5) is 28.2. The van der Waals surface area contributed by atoms with Gasteiger partial charge in [-0.25, -0.2) is 4.98 Å². The Hall–Kier alpha value is -2.71. The normalized spacial score (nSPS) is 10.8. The maximum absolute atomic E-state index is 12.4. The van der Waals surface area contributed by atoms with Crippen molar-refractivity contribution in [2.45, 2.75) is 24.0 Å². The van der Waals surface area contributed by atoms with Crippen molar-refractivity contribution in [1.82, 2.24) is 4.98 Å². The zero-order valence-electron chi connectivity index (χ0n) is 14.7. The summed E-state index contributed by atoms with van der Waals surface area (Å²) in [6.07, 6.45) is 0. The number of rotatable bonds is 6. The zero-order chi connectivity index (χ0) is 19.4. The van der Waals surface area contributed by atoms with Crippen LogP contribution in [-0.2, 0) is 0 Å². The van der Waals surface area contributed by atoms with Gasteiger partial charge in [0.05, 0.1) is 10.6 Å². The van der Waals surface area contributed by atoms with Gasteiger partial charge in [0.25, 0.3) is 11.6 Å². The molecule has 27 heavy (non-hydrogen) atoms. The van der Waals surface area contributed by atoms with Gasteiger partial charge in [-0.15, -0.1) is 23.1 Å². The van der Waals surface area contributed by atoms with Gasteiger partial charge in [-0.1, -0.05) is 13.8 Å². The average molecular weight is 399 g/mol. The van der Waals surface area contributed by atoms with Gasteiger partial charge >= 0.3 is 0 Å². The minimum absolute atomic E-state index is 0.0292. The van der Waals surface area contributed by atoms with Crippen molar-refractivity contribution in [1.29, 1.82) is 0 Å². The molecule has 0 saturated heterocycles. The highest BCUT2D eigenvalue weighted by Crippen LogP contribution is 2.27. The van der Waals surface area contributed by atoms with Crippen LogP contribution in [0.4, 0.5) is 10.8 Å². The Kier molecular flexibility index (Phi) is 5.88. The quantitative estimate of drug-likeness (QED) is 0.337. The van der Waals surface area contributed by atoms with Crippen molar-refractivity contribution >= 4 is 39.8 Å². The second-order valence-electron chi connectivity index (χ2n) is 5.99. The number of carbonyl (C=O) groups excluding carboxylic acids is 1. The number of anilines is 1. The predicted molar refractivity (Wildman–Crippen MR) is 110 cm³/mol. The number of hydrogen-bond acceptors (Lipinski definition) is 6. The number of aromatic nitrogens is 1. The van der Waals surface area contributed by atoms with Crippen LogP contribution >= 0.6 is 23.1 Å². The first-order valence-electron chi connectivity index (χ1n) is 8.21. The predicted octanol–water partition coefficient (Wildman–Crippen LogP) is 5.47. The molecule has 1 aromatic heterocycles. The molecule has 3 rings (SSSR count). The summed E-state index contributed by atoms with van der Waals surface area (Å²) in [6.45, 7) is 4.24. The lowest BCUT2D eigenvalue weighted by Crippen LogP contribution is -2.11. The third kappa shape index (κ3) is 4.93. The van der Waals surface area contributed by atoms with Crippen molar-refractivity contribution in [3.63, 3.8) is 0 Å². The number of thioether (sulfide) groups is 1. The van der Waals surface area contributed by atoms with Crippen LogP contribution in [0.1, 0.15) is 24.2 Å². The smallest absolute Gasteiger partial charge is 0.269 e. The van der Waals surface area contributed by atoms with Gasteiger partial charge in [0.15, 0.2) is 5.13 Å². The number of thiazole rings is 1. The summed E-state index contributed by atoms with van der Waals surface area (Å²) in [5, 5.41) is 16.3. The van der Waals surface area contributed by atoms with E-state index in [0.29, 0.717) is 21.6 Å². The molecule has 0 saturated carbocycles. The van der Waals surface area contributed by atoms with E-state index in [4.69, 9.17) is 0 Å². The van der Waals surface area contributed by atoms with E-state index >= 15 is 0 Å². The van der Waals surface area contributed by atoms with Gasteiger partial charge in [0.1, 0.15) is 0 Å². The molecule has 0 aliphatic carbocycles. The highest BCUT2D eigenvalue weighted by Gasteiger charge is 2.11. The van der Waals surface area contributed by atoms with Crippen LogP contribution < -0.4 is 5.32 Å². The standard InChI is InChI=1S/C19H17N3O3S2/c1-12(2)27-16-9-5-14(6-10-16)18(23)21-19-20-17(11-26-19)13-3-7-15(8-4-13)22(24)25/h3-12H,1-2H3,(H,20,21,23). The molecule has 1 N–H and O–H groups in total. The minimum atomic E-state index is -0.443. The van der Waals surface area contributed by atoms with Gasteiger partial charge in [0, 0.05) is 38.8 Å². The molecule has 0 unspecified atom stereocenters. The van der Waals surface area contributed by atoms with E-state index in [9.17, 15) is 14.9 Å². The van der Waals surface area contributed by atoms with E-state index in [1.807, 2.05) is 12.1 Å². The van der Waals surface area contributed by atoms with Crippen molar-refractivity contribution in [3.8, 4) is 11.3 Å². The molecule has 0 spiro atoms. The lowest BCUT2D eigenvalue weighted by atomic mass is 10.1. The number of non-ortho nitro benzene ring substituents is 1. The first kappa shape index (κ1) is 19.1. The number of carbonyl (C=O) groups is 1. The first-order chi connectivity index (χ1) is 12.9. The SMILES string of the molecule is CC(C)Sc1ccc(C(=O)Nc2nc(-c3ccc([N+](=O)[O-])cc3)cs2)cc1. The van der Waals surface area contributed by atoms with E-state index < -0.39 is 4.92 Å². The van der Waals surface area contributed by atoms with Crippen molar-refractivity contribution < 1.29 is 9.72 Å². The summed E-state index contributed by atoms with van der Waals surface area (Å²) in [7, 11) is 0. The molecule has 0 radical (unpaired) electrons. The lowest BCUT2D eigenvalue weighted by Gasteiger charge is -2.06. The Morgan fingerprint density at radius 2 is 1.81 bits per heavy atom. The van der Waals surface area contributed by atoms with E-state index in [1.54, 1.807) is 41.4 Å². The van der Waals surface area contributed by atoms with Gasteiger partial charge in [-0.2, -0.15) is 0 Å². The highest BCUT2D eigenvalue weighted by molar-refractivity contribution is 7.99. The molecule has 0 aliphatic rings. The largest absolute Gasteiger partial charge is 0.298 e. The Morgan fingerprint density at radius 1 is 1.15 bits per heavy atom. The summed E-state index contributed by atoms with van der Waals surface area (Å²) < 4.78 is 0. The van der Waals surface area contributed by atoms with Gasteiger partial charge in [-0.3, -0.25) is 20.2 Å². The number of nitro benzene ring substituents is 1. The second-order valence-corrected chi connectivity index (χ2v) is 8.50. The molecule has 0 atom stereocenters. The van der Waals surface area contributed by atoms with Gasteiger partial charge in [-0.05, 0) is 36.4 Å². The lowest BCUT2D eigenvalue weighted by molar-refractivity contribution is -0.384. The van der Waals surface area contributed by atoms with Crippen LogP contribution in [-0.4, -0.2) is 21.1 Å². The molecule has 1 heterocycles. The Balaban J connectivity index is 1.68. The first-order valence-corrected chi connectivity index (χ1v) is 9.97. The monoisotopic (exact) mass is 399 g/mol. The summed E-state index contributed by atoms with van der Waals surface area (Å²) in [5.74, 6) is -0.222. The van der Waals surface area contributed by atoms with Crippen molar-refractivity contribution in [2.75, 3.05) is 5.32 Å². The fourth-order valence-electron chi connectivity index (χ4n) is 2.34. The van der Waals surface area contributed by atoms with Crippen LogP contribution in [0.2, 0.25) is 0 Å². The Labute approximate surface area is 164 Å².